The third-order valence-corrected chi connectivity index (χ3v) is 2.47. The van der Waals surface area contributed by atoms with Crippen molar-refractivity contribution in [3.8, 4) is 0 Å². The van der Waals surface area contributed by atoms with E-state index in [9.17, 15) is 0 Å². The summed E-state index contributed by atoms with van der Waals surface area (Å²) in [4.78, 5) is 0. The molecule has 1 heterocycles. The van der Waals surface area contributed by atoms with Crippen LogP contribution < -0.4 is 5.66 Å². The zero-order valence-electron chi connectivity index (χ0n) is 6.73. The minimum absolute atomic E-state index is 0.247. The second-order valence-corrected chi connectivity index (χ2v) is 3.28. The number of rotatable bonds is 2. The molecule has 12 heavy (non-hydrogen) atoms. The van der Waals surface area contributed by atoms with Gasteiger partial charge < -0.3 is 14.5 Å². The second kappa shape index (κ2) is 2.96. The zero-order valence-corrected chi connectivity index (χ0v) is 6.73. The van der Waals surface area contributed by atoms with Crippen LogP contribution in [0.15, 0.2) is 16.7 Å². The first-order valence-corrected chi connectivity index (χ1v) is 4.22. The quantitative estimate of drug-likeness (QED) is 0.618. The molecule has 0 aliphatic heterocycles. The van der Waals surface area contributed by atoms with Crippen molar-refractivity contribution in [1.82, 2.24) is 0 Å². The molecule has 0 spiro atoms. The standard InChI is InChI=1S/C8H11BO3/c10-9(11)8-4-7(5-12-8)6-2-1-3-6/h4-6,10-11H,1-3H2. The van der Waals surface area contributed by atoms with Gasteiger partial charge in [0.15, 0.2) is 0 Å². The fourth-order valence-electron chi connectivity index (χ4n) is 1.46. The third kappa shape index (κ3) is 1.28. The van der Waals surface area contributed by atoms with Crippen molar-refractivity contribution in [2.75, 3.05) is 0 Å². The van der Waals surface area contributed by atoms with E-state index < -0.39 is 7.12 Å². The van der Waals surface area contributed by atoms with Gasteiger partial charge >= 0.3 is 7.12 Å². The SMILES string of the molecule is OB(O)c1cc(C2CCC2)co1. The molecule has 0 amide bonds. The molecule has 1 aromatic heterocycles. The summed E-state index contributed by atoms with van der Waals surface area (Å²) in [7, 11) is -1.47. The van der Waals surface area contributed by atoms with Gasteiger partial charge in [-0.2, -0.15) is 0 Å². The molecule has 2 N–H and O–H groups in total. The van der Waals surface area contributed by atoms with E-state index in [0.29, 0.717) is 5.92 Å². The van der Waals surface area contributed by atoms with E-state index in [4.69, 9.17) is 14.5 Å². The van der Waals surface area contributed by atoms with Gasteiger partial charge in [0.25, 0.3) is 0 Å². The number of hydrogen-bond acceptors (Lipinski definition) is 3. The normalized spacial score (nSPS) is 17.5. The summed E-state index contributed by atoms with van der Waals surface area (Å²) in [6, 6.07) is 1.73. The Bertz CT molecular complexity index is 265. The predicted octanol–water partition coefficient (Wildman–Crippen LogP) is 0.227. The zero-order chi connectivity index (χ0) is 8.55. The van der Waals surface area contributed by atoms with E-state index in [1.54, 1.807) is 12.3 Å². The lowest BCUT2D eigenvalue weighted by Crippen LogP contribution is -2.28. The molecule has 0 aromatic carbocycles. The van der Waals surface area contributed by atoms with Crippen LogP contribution in [0.2, 0.25) is 0 Å². The van der Waals surface area contributed by atoms with Crippen LogP contribution in [0, 0.1) is 0 Å². The highest BCUT2D eigenvalue weighted by Gasteiger charge is 2.24. The molecule has 1 aliphatic rings. The van der Waals surface area contributed by atoms with Crippen LogP contribution in [0.25, 0.3) is 0 Å². The summed E-state index contributed by atoms with van der Waals surface area (Å²) in [5.41, 5.74) is 1.35. The fraction of sp³-hybridized carbons (Fsp3) is 0.500. The monoisotopic (exact) mass is 166 g/mol. The van der Waals surface area contributed by atoms with Gasteiger partial charge in [-0.05, 0) is 30.4 Å². The van der Waals surface area contributed by atoms with Crippen molar-refractivity contribution in [3.05, 3.63) is 17.9 Å². The molecule has 1 aliphatic carbocycles. The molecule has 0 bridgehead atoms. The van der Waals surface area contributed by atoms with Crippen LogP contribution in [0.1, 0.15) is 30.7 Å². The number of hydrogen-bond donors (Lipinski definition) is 2. The first-order valence-electron chi connectivity index (χ1n) is 4.22. The van der Waals surface area contributed by atoms with E-state index in [2.05, 4.69) is 0 Å². The largest absolute Gasteiger partial charge is 0.526 e. The van der Waals surface area contributed by atoms with Gasteiger partial charge in [0.1, 0.15) is 5.66 Å². The van der Waals surface area contributed by atoms with E-state index in [1.807, 2.05) is 0 Å². The van der Waals surface area contributed by atoms with Crippen LogP contribution in [-0.2, 0) is 0 Å². The van der Waals surface area contributed by atoms with E-state index in [0.717, 1.165) is 5.56 Å². The molecular formula is C8H11BO3. The lowest BCUT2D eigenvalue weighted by molar-refractivity contribution is 0.406. The maximum atomic E-state index is 8.77. The summed E-state index contributed by atoms with van der Waals surface area (Å²) in [5.74, 6) is 0.584. The molecule has 1 aromatic rings. The highest BCUT2D eigenvalue weighted by molar-refractivity contribution is 6.57. The Kier molecular flexibility index (Phi) is 1.94. The van der Waals surface area contributed by atoms with Gasteiger partial charge in [-0.1, -0.05) is 6.42 Å². The van der Waals surface area contributed by atoms with E-state index in [1.165, 1.54) is 19.3 Å². The minimum atomic E-state index is -1.47. The first-order chi connectivity index (χ1) is 5.77. The average Bonchev–Trinajstić information content (AvgIpc) is 2.32. The van der Waals surface area contributed by atoms with E-state index >= 15 is 0 Å². The van der Waals surface area contributed by atoms with Crippen molar-refractivity contribution in [3.63, 3.8) is 0 Å². The molecule has 64 valence electrons. The lowest BCUT2D eigenvalue weighted by Gasteiger charge is -2.23. The van der Waals surface area contributed by atoms with Crippen molar-refractivity contribution >= 4 is 12.8 Å². The van der Waals surface area contributed by atoms with Gasteiger partial charge in [0.2, 0.25) is 0 Å². The van der Waals surface area contributed by atoms with Crippen molar-refractivity contribution in [2.24, 2.45) is 0 Å². The fourth-order valence-corrected chi connectivity index (χ4v) is 1.46. The Hall–Kier alpha value is -0.735. The summed E-state index contributed by atoms with van der Waals surface area (Å²) < 4.78 is 4.98. The van der Waals surface area contributed by atoms with Crippen LogP contribution in [0.3, 0.4) is 0 Å². The van der Waals surface area contributed by atoms with Crippen molar-refractivity contribution in [1.29, 1.82) is 0 Å². The molecule has 0 unspecified atom stereocenters. The van der Waals surface area contributed by atoms with Crippen molar-refractivity contribution < 1.29 is 14.5 Å². The van der Waals surface area contributed by atoms with Crippen molar-refractivity contribution in [2.45, 2.75) is 25.2 Å². The molecule has 1 fully saturated rings. The maximum absolute atomic E-state index is 8.77. The Morgan fingerprint density at radius 3 is 2.58 bits per heavy atom. The van der Waals surface area contributed by atoms with Gasteiger partial charge in [0.05, 0.1) is 6.26 Å². The molecular weight excluding hydrogens is 155 g/mol. The highest BCUT2D eigenvalue weighted by Crippen LogP contribution is 2.35. The maximum Gasteiger partial charge on any atom is 0.526 e. The van der Waals surface area contributed by atoms with Gasteiger partial charge in [0, 0.05) is 0 Å². The highest BCUT2D eigenvalue weighted by atomic mass is 16.4. The Morgan fingerprint density at radius 2 is 2.17 bits per heavy atom. The van der Waals surface area contributed by atoms with Crippen LogP contribution in [0.4, 0.5) is 0 Å². The molecule has 0 saturated heterocycles. The molecule has 2 rings (SSSR count). The van der Waals surface area contributed by atoms with E-state index in [-0.39, 0.29) is 5.66 Å². The third-order valence-electron chi connectivity index (χ3n) is 2.47. The average molecular weight is 166 g/mol. The topological polar surface area (TPSA) is 53.6 Å². The lowest BCUT2D eigenvalue weighted by atomic mass is 9.79. The Balaban J connectivity index is 2.12. The molecule has 4 heteroatoms. The molecule has 0 radical (unpaired) electrons. The van der Waals surface area contributed by atoms with Gasteiger partial charge in [-0.3, -0.25) is 0 Å². The van der Waals surface area contributed by atoms with Crippen LogP contribution in [-0.4, -0.2) is 17.2 Å². The summed E-state index contributed by atoms with van der Waals surface area (Å²) in [6.45, 7) is 0. The predicted molar refractivity (Wildman–Crippen MR) is 45.1 cm³/mol. The van der Waals surface area contributed by atoms with Gasteiger partial charge in [-0.15, -0.1) is 0 Å². The smallest absolute Gasteiger partial charge is 0.473 e. The summed E-state index contributed by atoms with van der Waals surface area (Å²) in [5, 5.41) is 17.5. The summed E-state index contributed by atoms with van der Waals surface area (Å²) >= 11 is 0. The molecule has 1 saturated carbocycles. The Morgan fingerprint density at radius 1 is 1.42 bits per heavy atom. The van der Waals surface area contributed by atoms with Crippen LogP contribution >= 0.6 is 0 Å². The van der Waals surface area contributed by atoms with Crippen LogP contribution in [0.5, 0.6) is 0 Å². The second-order valence-electron chi connectivity index (χ2n) is 3.28. The first kappa shape index (κ1) is 7.89. The number of furan rings is 1. The minimum Gasteiger partial charge on any atom is -0.473 e. The summed E-state index contributed by atoms with van der Waals surface area (Å²) in [6.07, 6.45) is 5.28. The Labute approximate surface area is 71.2 Å². The van der Waals surface area contributed by atoms with Gasteiger partial charge in [-0.25, -0.2) is 0 Å². The molecule has 0 atom stereocenters. The molecule has 3 nitrogen and oxygen atoms in total.